The molecular formula is C10H7BrN6. The highest BCUT2D eigenvalue weighted by atomic mass is 79.9. The lowest BCUT2D eigenvalue weighted by molar-refractivity contribution is 0.854. The third-order valence-electron chi connectivity index (χ3n) is 2.25. The summed E-state index contributed by atoms with van der Waals surface area (Å²) in [6, 6.07) is 3.66. The van der Waals surface area contributed by atoms with Crippen LogP contribution < -0.4 is 5.73 Å². The smallest absolute Gasteiger partial charge is 0.180 e. The van der Waals surface area contributed by atoms with E-state index in [1.807, 2.05) is 12.1 Å². The summed E-state index contributed by atoms with van der Waals surface area (Å²) in [5.41, 5.74) is 6.98. The number of rotatable bonds is 1. The minimum absolute atomic E-state index is 0.422. The molecular weight excluding hydrogens is 284 g/mol. The molecule has 2 N–H and O–H groups in total. The average Bonchev–Trinajstić information content (AvgIpc) is 2.69. The highest BCUT2D eigenvalue weighted by Gasteiger charge is 2.06. The summed E-state index contributed by atoms with van der Waals surface area (Å²) >= 11 is 3.30. The number of nitrogens with zero attached hydrogens (tertiary/aromatic N) is 5. The summed E-state index contributed by atoms with van der Waals surface area (Å²) in [6.45, 7) is 0. The summed E-state index contributed by atoms with van der Waals surface area (Å²) in [5, 5.41) is 4.12. The Morgan fingerprint density at radius 2 is 2.00 bits per heavy atom. The van der Waals surface area contributed by atoms with Gasteiger partial charge in [0.05, 0.1) is 4.47 Å². The van der Waals surface area contributed by atoms with Crippen molar-refractivity contribution in [2.24, 2.45) is 0 Å². The van der Waals surface area contributed by atoms with Crippen molar-refractivity contribution in [3.63, 3.8) is 0 Å². The van der Waals surface area contributed by atoms with E-state index in [-0.39, 0.29) is 0 Å². The zero-order chi connectivity index (χ0) is 11.8. The number of hydrogen-bond acceptors (Lipinski definition) is 5. The molecule has 84 valence electrons. The lowest BCUT2D eigenvalue weighted by atomic mass is 10.4. The van der Waals surface area contributed by atoms with Crippen molar-refractivity contribution in [3.05, 3.63) is 35.2 Å². The Kier molecular flexibility index (Phi) is 2.25. The average molecular weight is 291 g/mol. The molecule has 3 aromatic rings. The Morgan fingerprint density at radius 1 is 1.18 bits per heavy atom. The number of nitrogen functional groups attached to an aromatic ring is 1. The second-order valence-corrected chi connectivity index (χ2v) is 4.23. The van der Waals surface area contributed by atoms with Crippen molar-refractivity contribution >= 4 is 32.9 Å². The number of anilines is 1. The van der Waals surface area contributed by atoms with E-state index >= 15 is 0 Å². The molecule has 3 rings (SSSR count). The third-order valence-corrected chi connectivity index (χ3v) is 2.86. The molecule has 7 heteroatoms. The van der Waals surface area contributed by atoms with Crippen molar-refractivity contribution in [2.45, 2.75) is 0 Å². The molecule has 0 saturated heterocycles. The number of nitrogens with two attached hydrogens (primary N) is 1. The molecule has 0 aliphatic heterocycles. The Bertz CT molecular complexity index is 673. The van der Waals surface area contributed by atoms with Crippen LogP contribution in [-0.4, -0.2) is 24.7 Å². The quantitative estimate of drug-likeness (QED) is 0.735. The van der Waals surface area contributed by atoms with Crippen LogP contribution >= 0.6 is 15.9 Å². The van der Waals surface area contributed by atoms with Gasteiger partial charge in [0, 0.05) is 18.6 Å². The van der Waals surface area contributed by atoms with E-state index in [2.05, 4.69) is 36.0 Å². The Hall–Kier alpha value is -2.02. The van der Waals surface area contributed by atoms with E-state index in [0.29, 0.717) is 17.3 Å². The Morgan fingerprint density at radius 3 is 2.76 bits per heavy atom. The van der Waals surface area contributed by atoms with E-state index in [1.165, 1.54) is 0 Å². The fourth-order valence-electron chi connectivity index (χ4n) is 1.46. The topological polar surface area (TPSA) is 82.5 Å². The SMILES string of the molecule is Nc1nn(-c2ccc3nccnc3n2)cc1Br. The maximum atomic E-state index is 5.66. The van der Waals surface area contributed by atoms with Gasteiger partial charge in [-0.2, -0.15) is 0 Å². The molecule has 0 unspecified atom stereocenters. The lowest BCUT2D eigenvalue weighted by Crippen LogP contribution is -2.00. The van der Waals surface area contributed by atoms with Crippen LogP contribution in [0.4, 0.5) is 5.82 Å². The van der Waals surface area contributed by atoms with Gasteiger partial charge in [-0.15, -0.1) is 5.10 Å². The van der Waals surface area contributed by atoms with Crippen LogP contribution in [-0.2, 0) is 0 Å². The normalized spacial score (nSPS) is 10.9. The fourth-order valence-corrected chi connectivity index (χ4v) is 1.73. The molecule has 0 aliphatic carbocycles. The first-order valence-corrected chi connectivity index (χ1v) is 5.62. The summed E-state index contributed by atoms with van der Waals surface area (Å²) in [4.78, 5) is 12.6. The third kappa shape index (κ3) is 1.74. The van der Waals surface area contributed by atoms with Crippen LogP contribution in [0.2, 0.25) is 0 Å². The molecule has 0 spiro atoms. The van der Waals surface area contributed by atoms with E-state index in [1.54, 1.807) is 23.3 Å². The molecule has 0 atom stereocenters. The molecule has 6 nitrogen and oxygen atoms in total. The second-order valence-electron chi connectivity index (χ2n) is 3.38. The van der Waals surface area contributed by atoms with Crippen LogP contribution in [0, 0.1) is 0 Å². The largest absolute Gasteiger partial charge is 0.381 e. The second kappa shape index (κ2) is 3.77. The van der Waals surface area contributed by atoms with Crippen molar-refractivity contribution in [2.75, 3.05) is 5.73 Å². The van der Waals surface area contributed by atoms with Crippen LogP contribution in [0.1, 0.15) is 0 Å². The van der Waals surface area contributed by atoms with Crippen LogP contribution in [0.5, 0.6) is 0 Å². The molecule has 0 saturated carbocycles. The minimum Gasteiger partial charge on any atom is -0.381 e. The maximum Gasteiger partial charge on any atom is 0.180 e. The standard InChI is InChI=1S/C10H7BrN6/c11-6-5-17(16-9(6)12)8-2-1-7-10(15-8)14-4-3-13-7/h1-5H,(H2,12,16). The summed E-state index contributed by atoms with van der Waals surface area (Å²) in [7, 11) is 0. The van der Waals surface area contributed by atoms with Crippen molar-refractivity contribution in [3.8, 4) is 5.82 Å². The summed E-state index contributed by atoms with van der Waals surface area (Å²) in [5.74, 6) is 1.07. The molecule has 3 aromatic heterocycles. The maximum absolute atomic E-state index is 5.66. The summed E-state index contributed by atoms with van der Waals surface area (Å²) < 4.78 is 2.33. The van der Waals surface area contributed by atoms with Gasteiger partial charge in [0.15, 0.2) is 17.3 Å². The van der Waals surface area contributed by atoms with Gasteiger partial charge in [-0.25, -0.2) is 14.6 Å². The molecule has 0 bridgehead atoms. The van der Waals surface area contributed by atoms with Crippen LogP contribution in [0.15, 0.2) is 35.2 Å². The van der Waals surface area contributed by atoms with Gasteiger partial charge < -0.3 is 5.73 Å². The zero-order valence-corrected chi connectivity index (χ0v) is 10.2. The minimum atomic E-state index is 0.422. The highest BCUT2D eigenvalue weighted by molar-refractivity contribution is 9.10. The predicted molar refractivity (Wildman–Crippen MR) is 66.6 cm³/mol. The number of pyridine rings is 1. The van der Waals surface area contributed by atoms with Crippen molar-refractivity contribution in [1.82, 2.24) is 24.7 Å². The zero-order valence-electron chi connectivity index (χ0n) is 8.58. The first kappa shape index (κ1) is 10.2. The Balaban J connectivity index is 2.17. The van der Waals surface area contributed by atoms with Crippen LogP contribution in [0.25, 0.3) is 17.0 Å². The molecule has 0 aliphatic rings. The first-order chi connectivity index (χ1) is 8.24. The van der Waals surface area contributed by atoms with Gasteiger partial charge in [-0.1, -0.05) is 0 Å². The fraction of sp³-hybridized carbons (Fsp3) is 0. The van der Waals surface area contributed by atoms with Gasteiger partial charge in [0.1, 0.15) is 5.52 Å². The Labute approximate surface area is 105 Å². The molecule has 0 aromatic carbocycles. The molecule has 0 amide bonds. The van der Waals surface area contributed by atoms with E-state index in [0.717, 1.165) is 9.99 Å². The van der Waals surface area contributed by atoms with Gasteiger partial charge in [-0.05, 0) is 28.1 Å². The predicted octanol–water partition coefficient (Wildman–Crippen LogP) is 1.56. The lowest BCUT2D eigenvalue weighted by Gasteiger charge is -2.00. The van der Waals surface area contributed by atoms with Gasteiger partial charge >= 0.3 is 0 Å². The van der Waals surface area contributed by atoms with Gasteiger partial charge in [-0.3, -0.25) is 4.98 Å². The highest BCUT2D eigenvalue weighted by Crippen LogP contribution is 2.19. The molecule has 0 radical (unpaired) electrons. The van der Waals surface area contributed by atoms with E-state index < -0.39 is 0 Å². The monoisotopic (exact) mass is 290 g/mol. The van der Waals surface area contributed by atoms with Gasteiger partial charge in [0.2, 0.25) is 0 Å². The number of hydrogen-bond donors (Lipinski definition) is 1. The molecule has 3 heterocycles. The molecule has 0 fully saturated rings. The number of aromatic nitrogens is 5. The number of fused-ring (bicyclic) bond motifs is 1. The first-order valence-electron chi connectivity index (χ1n) is 4.83. The van der Waals surface area contributed by atoms with Crippen LogP contribution in [0.3, 0.4) is 0 Å². The molecule has 17 heavy (non-hydrogen) atoms. The van der Waals surface area contributed by atoms with Gasteiger partial charge in [0.25, 0.3) is 0 Å². The summed E-state index contributed by atoms with van der Waals surface area (Å²) in [6.07, 6.45) is 4.98. The van der Waals surface area contributed by atoms with Crippen molar-refractivity contribution in [1.29, 1.82) is 0 Å². The van der Waals surface area contributed by atoms with E-state index in [9.17, 15) is 0 Å². The van der Waals surface area contributed by atoms with Crippen molar-refractivity contribution < 1.29 is 0 Å². The number of halogens is 1. The van der Waals surface area contributed by atoms with E-state index in [4.69, 9.17) is 5.73 Å².